The van der Waals surface area contributed by atoms with Gasteiger partial charge >= 0.3 is 0 Å². The van der Waals surface area contributed by atoms with Gasteiger partial charge in [0.15, 0.2) is 5.65 Å². The van der Waals surface area contributed by atoms with Gasteiger partial charge in [-0.25, -0.2) is 14.5 Å². The number of ether oxygens (including phenoxy) is 1. The Bertz CT molecular complexity index is 1050. The summed E-state index contributed by atoms with van der Waals surface area (Å²) in [6.07, 6.45) is 10.7. The maximum Gasteiger partial charge on any atom is 0.217 e. The maximum absolute atomic E-state index is 6.08. The van der Waals surface area contributed by atoms with Crippen LogP contribution >= 0.6 is 0 Å². The second-order valence-corrected chi connectivity index (χ2v) is 6.29. The smallest absolute Gasteiger partial charge is 0.217 e. The maximum atomic E-state index is 6.08. The minimum absolute atomic E-state index is 0.152. The second kappa shape index (κ2) is 6.21. The molecular weight excluding hydrogens is 330 g/mol. The Balaban J connectivity index is 1.29. The van der Waals surface area contributed by atoms with E-state index < -0.39 is 0 Å². The van der Waals surface area contributed by atoms with E-state index in [1.165, 1.54) is 0 Å². The van der Waals surface area contributed by atoms with Gasteiger partial charge < -0.3 is 9.64 Å². The summed E-state index contributed by atoms with van der Waals surface area (Å²) in [6.45, 7) is 1.77. The highest BCUT2D eigenvalue weighted by Crippen LogP contribution is 2.26. The summed E-state index contributed by atoms with van der Waals surface area (Å²) in [5, 5.41) is 5.19. The summed E-state index contributed by atoms with van der Waals surface area (Å²) in [5.74, 6) is 1.62. The number of pyridine rings is 1. The molecule has 1 saturated heterocycles. The van der Waals surface area contributed by atoms with E-state index in [-0.39, 0.29) is 6.10 Å². The zero-order valence-corrected chi connectivity index (χ0v) is 14.1. The number of aromatic nitrogens is 6. The molecule has 0 amide bonds. The van der Waals surface area contributed by atoms with Crippen molar-refractivity contribution in [1.29, 1.82) is 0 Å². The van der Waals surface area contributed by atoms with Crippen LogP contribution in [-0.2, 0) is 0 Å². The van der Waals surface area contributed by atoms with Gasteiger partial charge in [0, 0.05) is 55.8 Å². The molecule has 0 spiro atoms. The second-order valence-electron chi connectivity index (χ2n) is 6.29. The van der Waals surface area contributed by atoms with E-state index in [0.717, 1.165) is 48.3 Å². The van der Waals surface area contributed by atoms with Crippen LogP contribution in [0.2, 0.25) is 0 Å². The molecule has 8 nitrogen and oxygen atoms in total. The molecule has 0 saturated carbocycles. The SMILES string of the molecule is c1cc2c(N3CCC(Oc4ccn5nccc5n4)CC3)ncnc2cn1. The summed E-state index contributed by atoms with van der Waals surface area (Å²) in [6, 6.07) is 5.69. The Morgan fingerprint density at radius 1 is 1.04 bits per heavy atom. The third-order valence-corrected chi connectivity index (χ3v) is 4.68. The molecule has 130 valence electrons. The Morgan fingerprint density at radius 2 is 1.96 bits per heavy atom. The molecule has 1 aliphatic rings. The standard InChI is InChI=1S/C18H17N7O/c1-6-19-11-15-14(1)18(21-12-20-15)24-8-3-13(4-9-24)26-17-5-10-25-16(23-17)2-7-22-25/h1-2,5-7,10-13H,3-4,8-9H2. The van der Waals surface area contributed by atoms with Crippen molar-refractivity contribution in [2.75, 3.05) is 18.0 Å². The topological polar surface area (TPSA) is 81.3 Å². The molecule has 0 unspecified atom stereocenters. The summed E-state index contributed by atoms with van der Waals surface area (Å²) >= 11 is 0. The fourth-order valence-electron chi connectivity index (χ4n) is 3.36. The van der Waals surface area contributed by atoms with Gasteiger partial charge in [0.25, 0.3) is 0 Å². The summed E-state index contributed by atoms with van der Waals surface area (Å²) in [4.78, 5) is 19.7. The van der Waals surface area contributed by atoms with Crippen LogP contribution in [0.15, 0.2) is 49.3 Å². The molecule has 4 aromatic rings. The Hall–Kier alpha value is -3.29. The van der Waals surface area contributed by atoms with Crippen LogP contribution in [0.25, 0.3) is 16.6 Å². The fourth-order valence-corrected chi connectivity index (χ4v) is 3.36. The van der Waals surface area contributed by atoms with Crippen LogP contribution in [0.1, 0.15) is 12.8 Å². The first kappa shape index (κ1) is 15.0. The first-order chi connectivity index (χ1) is 12.9. The first-order valence-corrected chi connectivity index (χ1v) is 8.63. The molecule has 5 heterocycles. The fraction of sp³-hybridized carbons (Fsp3) is 0.278. The normalized spacial score (nSPS) is 15.6. The van der Waals surface area contributed by atoms with Crippen molar-refractivity contribution >= 4 is 22.4 Å². The molecule has 8 heteroatoms. The minimum atomic E-state index is 0.152. The number of piperidine rings is 1. The zero-order valence-electron chi connectivity index (χ0n) is 14.1. The van der Waals surface area contributed by atoms with Crippen LogP contribution in [0.4, 0.5) is 5.82 Å². The van der Waals surface area contributed by atoms with Crippen LogP contribution in [-0.4, -0.2) is 48.7 Å². The number of nitrogens with zero attached hydrogens (tertiary/aromatic N) is 7. The van der Waals surface area contributed by atoms with Crippen molar-refractivity contribution in [2.24, 2.45) is 0 Å². The van der Waals surface area contributed by atoms with Crippen molar-refractivity contribution in [1.82, 2.24) is 29.5 Å². The molecule has 0 aliphatic carbocycles. The van der Waals surface area contributed by atoms with Crippen molar-refractivity contribution in [3.05, 3.63) is 49.3 Å². The van der Waals surface area contributed by atoms with Gasteiger partial charge in [-0.05, 0) is 6.07 Å². The molecule has 0 bridgehead atoms. The van der Waals surface area contributed by atoms with E-state index in [4.69, 9.17) is 4.74 Å². The molecule has 4 aromatic heterocycles. The predicted octanol–water partition coefficient (Wildman–Crippen LogP) is 2.12. The quantitative estimate of drug-likeness (QED) is 0.561. The van der Waals surface area contributed by atoms with E-state index in [9.17, 15) is 0 Å². The van der Waals surface area contributed by atoms with Gasteiger partial charge in [-0.15, -0.1) is 0 Å². The lowest BCUT2D eigenvalue weighted by Crippen LogP contribution is -2.39. The largest absolute Gasteiger partial charge is 0.474 e. The lowest BCUT2D eigenvalue weighted by atomic mass is 10.1. The molecule has 0 atom stereocenters. The number of hydrogen-bond donors (Lipinski definition) is 0. The monoisotopic (exact) mass is 347 g/mol. The summed E-state index contributed by atoms with van der Waals surface area (Å²) < 4.78 is 7.81. The molecule has 0 aromatic carbocycles. The van der Waals surface area contributed by atoms with Crippen molar-refractivity contribution in [2.45, 2.75) is 18.9 Å². The lowest BCUT2D eigenvalue weighted by molar-refractivity contribution is 0.164. The van der Waals surface area contributed by atoms with E-state index >= 15 is 0 Å². The van der Waals surface area contributed by atoms with Gasteiger partial charge in [-0.3, -0.25) is 4.98 Å². The molecule has 0 N–H and O–H groups in total. The molecular formula is C18H17N7O. The highest BCUT2D eigenvalue weighted by Gasteiger charge is 2.23. The number of fused-ring (bicyclic) bond motifs is 2. The van der Waals surface area contributed by atoms with Crippen molar-refractivity contribution in [3.63, 3.8) is 0 Å². The van der Waals surface area contributed by atoms with Crippen LogP contribution in [0.3, 0.4) is 0 Å². The van der Waals surface area contributed by atoms with Gasteiger partial charge in [0.2, 0.25) is 5.88 Å². The first-order valence-electron chi connectivity index (χ1n) is 8.63. The number of hydrogen-bond acceptors (Lipinski definition) is 7. The van der Waals surface area contributed by atoms with Gasteiger partial charge in [-0.1, -0.05) is 0 Å². The highest BCUT2D eigenvalue weighted by molar-refractivity contribution is 5.88. The Morgan fingerprint density at radius 3 is 2.88 bits per heavy atom. The number of rotatable bonds is 3. The summed E-state index contributed by atoms with van der Waals surface area (Å²) in [7, 11) is 0. The van der Waals surface area contributed by atoms with E-state index in [0.29, 0.717) is 5.88 Å². The molecule has 26 heavy (non-hydrogen) atoms. The van der Waals surface area contributed by atoms with E-state index in [2.05, 4.69) is 29.9 Å². The van der Waals surface area contributed by atoms with E-state index in [1.54, 1.807) is 29.4 Å². The number of anilines is 1. The third kappa shape index (κ3) is 2.69. The van der Waals surface area contributed by atoms with Gasteiger partial charge in [0.05, 0.1) is 17.9 Å². The van der Waals surface area contributed by atoms with Gasteiger partial charge in [0.1, 0.15) is 18.2 Å². The average molecular weight is 347 g/mol. The van der Waals surface area contributed by atoms with E-state index in [1.807, 2.05) is 24.4 Å². The Kier molecular flexibility index (Phi) is 3.59. The summed E-state index contributed by atoms with van der Waals surface area (Å²) in [5.41, 5.74) is 1.66. The van der Waals surface area contributed by atoms with Gasteiger partial charge in [-0.2, -0.15) is 10.1 Å². The molecule has 1 fully saturated rings. The van der Waals surface area contributed by atoms with Crippen LogP contribution < -0.4 is 9.64 Å². The Labute approximate surface area is 149 Å². The molecule has 5 rings (SSSR count). The highest BCUT2D eigenvalue weighted by atomic mass is 16.5. The lowest BCUT2D eigenvalue weighted by Gasteiger charge is -2.33. The average Bonchev–Trinajstić information content (AvgIpc) is 3.16. The minimum Gasteiger partial charge on any atom is -0.474 e. The predicted molar refractivity (Wildman–Crippen MR) is 96.2 cm³/mol. The van der Waals surface area contributed by atoms with Crippen molar-refractivity contribution in [3.8, 4) is 5.88 Å². The molecule has 0 radical (unpaired) electrons. The third-order valence-electron chi connectivity index (χ3n) is 4.68. The molecule has 1 aliphatic heterocycles. The van der Waals surface area contributed by atoms with Crippen LogP contribution in [0.5, 0.6) is 5.88 Å². The van der Waals surface area contributed by atoms with Crippen molar-refractivity contribution < 1.29 is 4.74 Å². The van der Waals surface area contributed by atoms with Crippen LogP contribution in [0, 0.1) is 0 Å². The zero-order chi connectivity index (χ0) is 17.3.